The van der Waals surface area contributed by atoms with Crippen LogP contribution in [0.15, 0.2) is 29.2 Å². The molecule has 0 radical (unpaired) electrons. The summed E-state index contributed by atoms with van der Waals surface area (Å²) in [4.78, 5) is 2.74. The van der Waals surface area contributed by atoms with Crippen molar-refractivity contribution in [2.24, 2.45) is 0 Å². The first kappa shape index (κ1) is 8.14. The average Bonchev–Trinajstić information content (AvgIpc) is 2.43. The van der Waals surface area contributed by atoms with E-state index in [0.717, 1.165) is 0 Å². The summed E-state index contributed by atoms with van der Waals surface area (Å²) in [6.07, 6.45) is 2.11. The van der Waals surface area contributed by atoms with Crippen LogP contribution in [0.2, 0.25) is 0 Å². The highest BCUT2D eigenvalue weighted by Crippen LogP contribution is 2.28. The number of rotatable bonds is 1. The summed E-state index contributed by atoms with van der Waals surface area (Å²) < 4.78 is 1.39. The van der Waals surface area contributed by atoms with Gasteiger partial charge in [0.25, 0.3) is 0 Å². The minimum Gasteiger partial charge on any atom is -0.141 e. The molecule has 0 bridgehead atoms. The van der Waals surface area contributed by atoms with E-state index in [9.17, 15) is 0 Å². The first-order chi connectivity index (χ1) is 5.79. The van der Waals surface area contributed by atoms with Crippen LogP contribution in [0.25, 0.3) is 10.1 Å². The molecule has 0 amide bonds. The third kappa shape index (κ3) is 1.37. The zero-order chi connectivity index (χ0) is 8.55. The van der Waals surface area contributed by atoms with E-state index in [0.29, 0.717) is 0 Å². The molecule has 2 heteroatoms. The summed E-state index contributed by atoms with van der Waals surface area (Å²) in [5.74, 6) is 0. The molecule has 62 valence electrons. The van der Waals surface area contributed by atoms with Gasteiger partial charge in [0.05, 0.1) is 0 Å². The van der Waals surface area contributed by atoms with Crippen LogP contribution in [0.4, 0.5) is 0 Å². The maximum atomic E-state index is 2.25. The molecule has 0 aliphatic carbocycles. The van der Waals surface area contributed by atoms with Crippen molar-refractivity contribution in [2.75, 3.05) is 6.26 Å². The van der Waals surface area contributed by atoms with Gasteiger partial charge in [-0.2, -0.15) is 0 Å². The predicted octanol–water partition coefficient (Wildman–Crippen LogP) is 3.93. The molecule has 1 heterocycles. The summed E-state index contributed by atoms with van der Waals surface area (Å²) >= 11 is 3.66. The first-order valence-electron chi connectivity index (χ1n) is 3.84. The van der Waals surface area contributed by atoms with Gasteiger partial charge in [0.2, 0.25) is 0 Å². The monoisotopic (exact) mass is 194 g/mol. The van der Waals surface area contributed by atoms with E-state index in [-0.39, 0.29) is 0 Å². The van der Waals surface area contributed by atoms with E-state index in [1.54, 1.807) is 11.8 Å². The van der Waals surface area contributed by atoms with Crippen molar-refractivity contribution in [1.29, 1.82) is 0 Å². The number of benzene rings is 1. The lowest BCUT2D eigenvalue weighted by atomic mass is 10.2. The number of thioether (sulfide) groups is 1. The van der Waals surface area contributed by atoms with Gasteiger partial charge in [-0.15, -0.1) is 23.1 Å². The molecule has 0 saturated heterocycles. The molecule has 0 spiro atoms. The summed E-state index contributed by atoms with van der Waals surface area (Å²) in [5.41, 5.74) is 0. The van der Waals surface area contributed by atoms with Gasteiger partial charge >= 0.3 is 0 Å². The molecule has 0 unspecified atom stereocenters. The van der Waals surface area contributed by atoms with E-state index < -0.39 is 0 Å². The van der Waals surface area contributed by atoms with E-state index in [2.05, 4.69) is 37.4 Å². The fourth-order valence-corrected chi connectivity index (χ4v) is 2.63. The molecular formula is C10H10S2. The van der Waals surface area contributed by atoms with Gasteiger partial charge in [-0.1, -0.05) is 0 Å². The summed E-state index contributed by atoms with van der Waals surface area (Å²) in [6.45, 7) is 2.16. The van der Waals surface area contributed by atoms with Gasteiger partial charge in [0.15, 0.2) is 0 Å². The van der Waals surface area contributed by atoms with E-state index in [1.807, 2.05) is 11.3 Å². The maximum Gasteiger partial charge on any atom is 0.0346 e. The third-order valence-electron chi connectivity index (χ3n) is 1.85. The lowest BCUT2D eigenvalue weighted by Crippen LogP contribution is -1.66. The second-order valence-electron chi connectivity index (χ2n) is 2.76. The molecule has 0 aliphatic heterocycles. The SMILES string of the molecule is CSc1ccc2sc(C)cc2c1. The van der Waals surface area contributed by atoms with E-state index in [4.69, 9.17) is 0 Å². The lowest BCUT2D eigenvalue weighted by Gasteiger charge is -1.94. The van der Waals surface area contributed by atoms with E-state index >= 15 is 0 Å². The standard InChI is InChI=1S/C10H10S2/c1-7-5-8-6-9(11-2)3-4-10(8)12-7/h3-6H,1-2H3. The van der Waals surface area contributed by atoms with Crippen LogP contribution in [0.1, 0.15) is 4.88 Å². The molecule has 1 aromatic carbocycles. The Hall–Kier alpha value is -0.470. The minimum atomic E-state index is 1.35. The Morgan fingerprint density at radius 3 is 2.83 bits per heavy atom. The smallest absolute Gasteiger partial charge is 0.0346 e. The van der Waals surface area contributed by atoms with Gasteiger partial charge < -0.3 is 0 Å². The molecule has 12 heavy (non-hydrogen) atoms. The minimum absolute atomic E-state index is 1.35. The Kier molecular flexibility index (Phi) is 2.11. The van der Waals surface area contributed by atoms with E-state index in [1.165, 1.54) is 19.9 Å². The maximum absolute atomic E-state index is 2.25. The Balaban J connectivity index is 2.66. The van der Waals surface area contributed by atoms with Crippen LogP contribution in [-0.4, -0.2) is 6.26 Å². The third-order valence-corrected chi connectivity index (χ3v) is 3.60. The van der Waals surface area contributed by atoms with Crippen LogP contribution in [0, 0.1) is 6.92 Å². The number of fused-ring (bicyclic) bond motifs is 1. The molecule has 1 aromatic heterocycles. The van der Waals surface area contributed by atoms with Crippen LogP contribution in [-0.2, 0) is 0 Å². The Morgan fingerprint density at radius 2 is 2.08 bits per heavy atom. The van der Waals surface area contributed by atoms with Crippen molar-refractivity contribution >= 4 is 33.2 Å². The molecule has 0 nitrogen and oxygen atoms in total. The largest absolute Gasteiger partial charge is 0.141 e. The Bertz CT molecular complexity index is 401. The average molecular weight is 194 g/mol. The number of hydrogen-bond acceptors (Lipinski definition) is 2. The molecule has 0 aliphatic rings. The summed E-state index contributed by atoms with van der Waals surface area (Å²) in [5, 5.41) is 1.38. The van der Waals surface area contributed by atoms with Gasteiger partial charge in [0.1, 0.15) is 0 Å². The van der Waals surface area contributed by atoms with Crippen molar-refractivity contribution in [3.8, 4) is 0 Å². The van der Waals surface area contributed by atoms with Crippen molar-refractivity contribution in [3.05, 3.63) is 29.1 Å². The lowest BCUT2D eigenvalue weighted by molar-refractivity contribution is 1.52. The van der Waals surface area contributed by atoms with Crippen LogP contribution < -0.4 is 0 Å². The molecule has 2 rings (SSSR count). The second kappa shape index (κ2) is 3.11. The fourth-order valence-electron chi connectivity index (χ4n) is 1.28. The van der Waals surface area contributed by atoms with Crippen LogP contribution in [0.3, 0.4) is 0 Å². The van der Waals surface area contributed by atoms with Crippen molar-refractivity contribution in [2.45, 2.75) is 11.8 Å². The second-order valence-corrected chi connectivity index (χ2v) is 4.93. The van der Waals surface area contributed by atoms with Gasteiger partial charge in [-0.05, 0) is 42.8 Å². The quantitative estimate of drug-likeness (QED) is 0.620. The highest BCUT2D eigenvalue weighted by Gasteiger charge is 1.98. The fraction of sp³-hybridized carbons (Fsp3) is 0.200. The molecule has 0 N–H and O–H groups in total. The Morgan fingerprint density at radius 1 is 1.25 bits per heavy atom. The number of thiophene rings is 1. The van der Waals surface area contributed by atoms with Gasteiger partial charge in [-0.3, -0.25) is 0 Å². The molecule has 0 atom stereocenters. The van der Waals surface area contributed by atoms with Gasteiger partial charge in [0, 0.05) is 14.5 Å². The molecule has 2 aromatic rings. The van der Waals surface area contributed by atoms with Crippen molar-refractivity contribution in [3.63, 3.8) is 0 Å². The van der Waals surface area contributed by atoms with Crippen molar-refractivity contribution < 1.29 is 0 Å². The molecule has 0 saturated carbocycles. The highest BCUT2D eigenvalue weighted by molar-refractivity contribution is 7.98. The molecular weight excluding hydrogens is 184 g/mol. The summed E-state index contributed by atoms with van der Waals surface area (Å²) in [7, 11) is 0. The number of aryl methyl sites for hydroxylation is 1. The number of hydrogen-bond donors (Lipinski definition) is 0. The summed E-state index contributed by atoms with van der Waals surface area (Å²) in [6, 6.07) is 8.89. The highest BCUT2D eigenvalue weighted by atomic mass is 32.2. The zero-order valence-corrected chi connectivity index (χ0v) is 8.76. The van der Waals surface area contributed by atoms with Crippen LogP contribution >= 0.6 is 23.1 Å². The Labute approximate surface area is 80.6 Å². The molecule has 0 fully saturated rings. The normalized spacial score (nSPS) is 10.8. The zero-order valence-electron chi connectivity index (χ0n) is 7.13. The predicted molar refractivity (Wildman–Crippen MR) is 58.3 cm³/mol. The van der Waals surface area contributed by atoms with Crippen molar-refractivity contribution in [1.82, 2.24) is 0 Å². The topological polar surface area (TPSA) is 0 Å². The van der Waals surface area contributed by atoms with Crippen LogP contribution in [0.5, 0.6) is 0 Å². The van der Waals surface area contributed by atoms with Gasteiger partial charge in [-0.25, -0.2) is 0 Å². The first-order valence-corrected chi connectivity index (χ1v) is 5.88.